The highest BCUT2D eigenvalue weighted by Gasteiger charge is 2.17. The Morgan fingerprint density at radius 1 is 1.08 bits per heavy atom. The van der Waals surface area contributed by atoms with E-state index in [1.807, 2.05) is 12.3 Å². The van der Waals surface area contributed by atoms with Crippen LogP contribution in [0.3, 0.4) is 0 Å². The summed E-state index contributed by atoms with van der Waals surface area (Å²) in [7, 11) is 2.13. The molecule has 6 nitrogen and oxygen atoms in total. The van der Waals surface area contributed by atoms with Gasteiger partial charge >= 0.3 is 0 Å². The number of aromatic hydroxyl groups is 1. The second kappa shape index (κ2) is 7.04. The van der Waals surface area contributed by atoms with Crippen molar-refractivity contribution in [1.29, 1.82) is 0 Å². The van der Waals surface area contributed by atoms with E-state index in [-0.39, 0.29) is 6.01 Å². The molecule has 0 atom stereocenters. The SMILES string of the molecule is CN1CCN(Cc2cn3c(O)nc(-c4ccc(Cl)cc4Cl)cc3n2)CC1. The van der Waals surface area contributed by atoms with Gasteiger partial charge in [-0.05, 0) is 25.2 Å². The van der Waals surface area contributed by atoms with Crippen LogP contribution in [0.15, 0.2) is 30.5 Å². The van der Waals surface area contributed by atoms with Crippen molar-refractivity contribution in [2.75, 3.05) is 33.2 Å². The molecule has 3 aromatic rings. The van der Waals surface area contributed by atoms with E-state index in [1.54, 1.807) is 22.6 Å². The normalized spacial score (nSPS) is 16.4. The Balaban J connectivity index is 1.65. The molecule has 136 valence electrons. The van der Waals surface area contributed by atoms with Crippen LogP contribution < -0.4 is 0 Å². The van der Waals surface area contributed by atoms with Gasteiger partial charge in [0.15, 0.2) is 0 Å². The van der Waals surface area contributed by atoms with E-state index >= 15 is 0 Å². The fraction of sp³-hybridized carbons (Fsp3) is 0.333. The number of hydrogen-bond acceptors (Lipinski definition) is 5. The molecule has 1 N–H and O–H groups in total. The highest BCUT2D eigenvalue weighted by atomic mass is 35.5. The predicted molar refractivity (Wildman–Crippen MR) is 103 cm³/mol. The summed E-state index contributed by atoms with van der Waals surface area (Å²) in [4.78, 5) is 13.6. The van der Waals surface area contributed by atoms with Crippen LogP contribution in [0.4, 0.5) is 0 Å². The minimum absolute atomic E-state index is 0.111. The molecule has 1 aromatic carbocycles. The maximum absolute atomic E-state index is 10.3. The van der Waals surface area contributed by atoms with Crippen molar-refractivity contribution in [2.24, 2.45) is 0 Å². The first kappa shape index (κ1) is 17.5. The van der Waals surface area contributed by atoms with Crippen LogP contribution in [-0.2, 0) is 6.54 Å². The fourth-order valence-electron chi connectivity index (χ4n) is 3.17. The minimum atomic E-state index is -0.111. The molecule has 2 aromatic heterocycles. The molecule has 1 fully saturated rings. The molecule has 1 saturated heterocycles. The first-order valence-corrected chi connectivity index (χ1v) is 9.19. The average Bonchev–Trinajstić information content (AvgIpc) is 3.00. The third-order valence-corrected chi connectivity index (χ3v) is 5.22. The van der Waals surface area contributed by atoms with Crippen LogP contribution in [-0.4, -0.2) is 62.5 Å². The summed E-state index contributed by atoms with van der Waals surface area (Å²) in [5.41, 5.74) is 2.82. The van der Waals surface area contributed by atoms with Gasteiger partial charge in [-0.3, -0.25) is 9.30 Å². The van der Waals surface area contributed by atoms with Crippen molar-refractivity contribution in [1.82, 2.24) is 24.2 Å². The highest BCUT2D eigenvalue weighted by molar-refractivity contribution is 6.36. The molecule has 1 aliphatic heterocycles. The number of rotatable bonds is 3. The largest absolute Gasteiger partial charge is 0.480 e. The quantitative estimate of drug-likeness (QED) is 0.742. The Bertz CT molecular complexity index is 950. The van der Waals surface area contributed by atoms with E-state index in [1.165, 1.54) is 0 Å². The minimum Gasteiger partial charge on any atom is -0.480 e. The van der Waals surface area contributed by atoms with E-state index in [9.17, 15) is 5.11 Å². The summed E-state index contributed by atoms with van der Waals surface area (Å²) < 4.78 is 1.60. The van der Waals surface area contributed by atoms with Gasteiger partial charge in [-0.25, -0.2) is 4.98 Å². The second-order valence-corrected chi connectivity index (χ2v) is 7.45. The van der Waals surface area contributed by atoms with Gasteiger partial charge in [-0.1, -0.05) is 23.2 Å². The van der Waals surface area contributed by atoms with Crippen molar-refractivity contribution in [3.8, 4) is 17.3 Å². The first-order chi connectivity index (χ1) is 12.5. The summed E-state index contributed by atoms with van der Waals surface area (Å²) in [5.74, 6) is 0. The summed E-state index contributed by atoms with van der Waals surface area (Å²) in [5, 5.41) is 11.4. The molecular formula is C18H19Cl2N5O. The lowest BCUT2D eigenvalue weighted by molar-refractivity contribution is 0.147. The Hall–Kier alpha value is -1.86. The lowest BCUT2D eigenvalue weighted by atomic mass is 10.1. The molecule has 0 spiro atoms. The van der Waals surface area contributed by atoms with E-state index in [0.717, 1.165) is 38.4 Å². The Morgan fingerprint density at radius 3 is 2.58 bits per heavy atom. The molecule has 0 unspecified atom stereocenters. The number of nitrogens with zero attached hydrogens (tertiary/aromatic N) is 5. The number of imidazole rings is 1. The number of fused-ring (bicyclic) bond motifs is 1. The van der Waals surface area contributed by atoms with Gasteiger partial charge in [0.05, 0.1) is 16.4 Å². The van der Waals surface area contributed by atoms with Crippen LogP contribution in [0, 0.1) is 0 Å². The maximum atomic E-state index is 10.3. The van der Waals surface area contributed by atoms with E-state index in [2.05, 4.69) is 26.8 Å². The number of hydrogen-bond donors (Lipinski definition) is 1. The lowest BCUT2D eigenvalue weighted by Gasteiger charge is -2.31. The van der Waals surface area contributed by atoms with Gasteiger partial charge in [-0.2, -0.15) is 4.98 Å². The first-order valence-electron chi connectivity index (χ1n) is 8.44. The molecule has 26 heavy (non-hydrogen) atoms. The van der Waals surface area contributed by atoms with Gasteiger partial charge in [0.1, 0.15) is 5.65 Å². The molecule has 0 bridgehead atoms. The smallest absolute Gasteiger partial charge is 0.300 e. The third-order valence-electron chi connectivity index (χ3n) is 4.67. The fourth-order valence-corrected chi connectivity index (χ4v) is 3.67. The number of halogens is 2. The summed E-state index contributed by atoms with van der Waals surface area (Å²) in [6.07, 6.45) is 1.84. The zero-order valence-electron chi connectivity index (χ0n) is 14.4. The summed E-state index contributed by atoms with van der Waals surface area (Å²) in [6, 6.07) is 6.90. The molecule has 1 aliphatic rings. The number of benzene rings is 1. The molecule has 8 heteroatoms. The van der Waals surface area contributed by atoms with Crippen molar-refractivity contribution in [3.05, 3.63) is 46.2 Å². The topological polar surface area (TPSA) is 56.9 Å². The zero-order chi connectivity index (χ0) is 18.3. The molecule has 3 heterocycles. The van der Waals surface area contributed by atoms with Crippen LogP contribution in [0.1, 0.15) is 5.69 Å². The van der Waals surface area contributed by atoms with Gasteiger partial charge in [-0.15, -0.1) is 0 Å². The van der Waals surface area contributed by atoms with E-state index in [4.69, 9.17) is 23.2 Å². The third kappa shape index (κ3) is 3.50. The molecule has 0 amide bonds. The van der Waals surface area contributed by atoms with Gasteiger partial charge in [0.25, 0.3) is 6.01 Å². The average molecular weight is 392 g/mol. The van der Waals surface area contributed by atoms with Gasteiger partial charge in [0, 0.05) is 55.6 Å². The van der Waals surface area contributed by atoms with Gasteiger partial charge in [0.2, 0.25) is 0 Å². The maximum Gasteiger partial charge on any atom is 0.300 e. The van der Waals surface area contributed by atoms with Gasteiger partial charge < -0.3 is 10.0 Å². The number of likely N-dealkylation sites (N-methyl/N-ethyl adjacent to an activating group) is 1. The van der Waals surface area contributed by atoms with Crippen molar-refractivity contribution in [2.45, 2.75) is 6.54 Å². The lowest BCUT2D eigenvalue weighted by Crippen LogP contribution is -2.43. The van der Waals surface area contributed by atoms with Crippen LogP contribution in [0.25, 0.3) is 16.9 Å². The van der Waals surface area contributed by atoms with Crippen molar-refractivity contribution < 1.29 is 5.11 Å². The Labute approximate surface area is 161 Å². The molecule has 0 radical (unpaired) electrons. The van der Waals surface area contributed by atoms with Crippen LogP contribution >= 0.6 is 23.2 Å². The van der Waals surface area contributed by atoms with E-state index in [0.29, 0.717) is 26.9 Å². The number of aromatic nitrogens is 3. The monoisotopic (exact) mass is 391 g/mol. The van der Waals surface area contributed by atoms with E-state index < -0.39 is 0 Å². The standard InChI is InChI=1S/C18H19Cl2N5O/c1-23-4-6-24(7-5-23)10-13-11-25-17(21-13)9-16(22-18(25)26)14-3-2-12(19)8-15(14)20/h2-3,8-9,11H,4-7,10H2,1H3,(H,22,26). The molecule has 0 saturated carbocycles. The zero-order valence-corrected chi connectivity index (χ0v) is 15.9. The van der Waals surface area contributed by atoms with Crippen LogP contribution in [0.5, 0.6) is 6.01 Å². The molecule has 4 rings (SSSR count). The van der Waals surface area contributed by atoms with Crippen molar-refractivity contribution in [3.63, 3.8) is 0 Å². The Kier molecular flexibility index (Phi) is 4.75. The summed E-state index contributed by atoms with van der Waals surface area (Å²) >= 11 is 12.2. The molecule has 0 aliphatic carbocycles. The highest BCUT2D eigenvalue weighted by Crippen LogP contribution is 2.31. The summed E-state index contributed by atoms with van der Waals surface area (Å²) in [6.45, 7) is 4.89. The second-order valence-electron chi connectivity index (χ2n) is 6.61. The predicted octanol–water partition coefficient (Wildman–Crippen LogP) is 3.16. The van der Waals surface area contributed by atoms with Crippen molar-refractivity contribution >= 4 is 28.8 Å². The molecular weight excluding hydrogens is 373 g/mol. The van der Waals surface area contributed by atoms with Crippen LogP contribution in [0.2, 0.25) is 10.0 Å². The Morgan fingerprint density at radius 2 is 1.85 bits per heavy atom. The number of piperazine rings is 1.